The Hall–Kier alpha value is -4.11. The van der Waals surface area contributed by atoms with E-state index in [1.54, 1.807) is 72.8 Å². The molecule has 0 aliphatic carbocycles. The first kappa shape index (κ1) is 33.4. The zero-order valence-electron chi connectivity index (χ0n) is 22.8. The summed E-state index contributed by atoms with van der Waals surface area (Å²) >= 11 is 0. The molecule has 0 saturated carbocycles. The summed E-state index contributed by atoms with van der Waals surface area (Å²) in [5.41, 5.74) is 0.694. The Morgan fingerprint density at radius 2 is 1.09 bits per heavy atom. The number of aliphatic hydroxyl groups excluding tert-OH is 2. The van der Waals surface area contributed by atoms with Gasteiger partial charge in [0, 0.05) is 6.42 Å². The molecule has 5 aromatic carbocycles. The second-order valence-electron chi connectivity index (χ2n) is 9.49. The van der Waals surface area contributed by atoms with Gasteiger partial charge in [-0.3, -0.25) is 0 Å². The van der Waals surface area contributed by atoms with Crippen molar-refractivity contribution in [1.82, 2.24) is 0 Å². The summed E-state index contributed by atoms with van der Waals surface area (Å²) in [5, 5.41) is 30.1. The van der Waals surface area contributed by atoms with E-state index in [2.05, 4.69) is 0 Å². The van der Waals surface area contributed by atoms with Crippen LogP contribution in [0.4, 0.5) is 13.2 Å². The number of aliphatic hydroxyl groups is 2. The van der Waals surface area contributed by atoms with E-state index in [1.807, 2.05) is 60.7 Å². The van der Waals surface area contributed by atoms with Gasteiger partial charge in [0.05, 0.1) is 11.7 Å². The Morgan fingerprint density at radius 3 is 1.53 bits per heavy atom. The van der Waals surface area contributed by atoms with Gasteiger partial charge >= 0.3 is 101 Å². The van der Waals surface area contributed by atoms with Crippen molar-refractivity contribution in [2.45, 2.75) is 24.8 Å². The first-order valence-corrected chi connectivity index (χ1v) is 15.0. The number of carboxylic acids is 1. The summed E-state index contributed by atoms with van der Waals surface area (Å²) in [6.07, 6.45) is -9.34. The molecule has 5 rings (SSSR count). The van der Waals surface area contributed by atoms with Crippen LogP contribution in [0.2, 0.25) is 0 Å². The standard InChI is InChI=1S/C14H13F3O2.C12H13O2P.C7H6O2/c15-14(16,17)13(19)8-12(18)11-6-5-9-3-1-2-4-10(9)7-11;13-15(14,11-7-3-1-4-8-11)12-9-5-2-6-10-12;8-7(9)6-4-2-1-3-5-6/h1-7,12-13,18-19H,8H2;1-10,13-15H;1-5H,(H,8,9). The van der Waals surface area contributed by atoms with Crippen LogP contribution in [0, 0.1) is 0 Å². The van der Waals surface area contributed by atoms with Crippen molar-refractivity contribution in [2.75, 3.05) is 0 Å². The van der Waals surface area contributed by atoms with E-state index < -0.39 is 38.5 Å². The molecule has 0 heterocycles. The predicted molar refractivity (Wildman–Crippen MR) is 164 cm³/mol. The Kier molecular flexibility index (Phi) is 11.9. The third kappa shape index (κ3) is 9.99. The van der Waals surface area contributed by atoms with Gasteiger partial charge in [-0.2, -0.15) is 13.2 Å². The van der Waals surface area contributed by atoms with Crippen molar-refractivity contribution in [1.29, 1.82) is 0 Å². The van der Waals surface area contributed by atoms with Gasteiger partial charge < -0.3 is 15.3 Å². The molecule has 0 amide bonds. The first-order chi connectivity index (χ1) is 20.4. The number of halogens is 3. The molecule has 0 saturated heterocycles. The molecule has 6 nitrogen and oxygen atoms in total. The van der Waals surface area contributed by atoms with Crippen molar-refractivity contribution < 1.29 is 43.1 Å². The Labute approximate surface area is 247 Å². The zero-order valence-corrected chi connectivity index (χ0v) is 23.8. The summed E-state index contributed by atoms with van der Waals surface area (Å²) in [5.74, 6) is -0.879. The van der Waals surface area contributed by atoms with Crippen LogP contribution in [0.15, 0.2) is 133 Å². The predicted octanol–water partition coefficient (Wildman–Crippen LogP) is 5.77. The molecular weight excluding hydrogens is 580 g/mol. The molecule has 226 valence electrons. The fourth-order valence-electron chi connectivity index (χ4n) is 3.98. The van der Waals surface area contributed by atoms with Gasteiger partial charge in [-0.05, 0) is 34.5 Å². The van der Waals surface area contributed by atoms with Gasteiger partial charge in [-0.25, -0.2) is 4.79 Å². The van der Waals surface area contributed by atoms with E-state index in [-0.39, 0.29) is 0 Å². The number of fused-ring (bicyclic) bond motifs is 1. The van der Waals surface area contributed by atoms with Crippen molar-refractivity contribution in [3.63, 3.8) is 0 Å². The van der Waals surface area contributed by atoms with Crippen LogP contribution < -0.4 is 10.6 Å². The van der Waals surface area contributed by atoms with Gasteiger partial charge in [0.1, 0.15) is 0 Å². The molecule has 0 radical (unpaired) electrons. The quantitative estimate of drug-likeness (QED) is 0.155. The summed E-state index contributed by atoms with van der Waals surface area (Å²) < 4.78 is 36.7. The molecule has 0 aliphatic rings. The maximum absolute atomic E-state index is 12.2. The average molecular weight is 613 g/mol. The SMILES string of the molecule is O=C(O)c1ccccc1.OC(CC(O)C(F)(F)F)c1ccc2ccccc2c1.O[PH](O)(c1ccccc1)c1ccccc1. The minimum atomic E-state index is -4.71. The molecule has 0 bridgehead atoms. The summed E-state index contributed by atoms with van der Waals surface area (Å²) in [6.45, 7) is 0. The van der Waals surface area contributed by atoms with Gasteiger partial charge in [0.15, 0.2) is 6.10 Å². The third-order valence-electron chi connectivity index (χ3n) is 6.36. The van der Waals surface area contributed by atoms with Crippen molar-refractivity contribution in [3.8, 4) is 0 Å². The minimum absolute atomic E-state index is 0.331. The first-order valence-electron chi connectivity index (χ1n) is 13.1. The fraction of sp³-hybridized carbons (Fsp3) is 0.121. The molecule has 10 heteroatoms. The number of rotatable bonds is 6. The van der Waals surface area contributed by atoms with E-state index in [4.69, 9.17) is 10.2 Å². The van der Waals surface area contributed by atoms with E-state index in [0.717, 1.165) is 10.8 Å². The summed E-state index contributed by atoms with van der Waals surface area (Å²) in [4.78, 5) is 30.5. The van der Waals surface area contributed by atoms with Gasteiger partial charge in [0.2, 0.25) is 0 Å². The molecule has 0 aromatic heterocycles. The Morgan fingerprint density at radius 1 is 0.651 bits per heavy atom. The van der Waals surface area contributed by atoms with Crippen LogP contribution in [-0.2, 0) is 0 Å². The van der Waals surface area contributed by atoms with Gasteiger partial charge in [-0.15, -0.1) is 0 Å². The van der Waals surface area contributed by atoms with E-state index in [0.29, 0.717) is 21.7 Å². The van der Waals surface area contributed by atoms with Crippen LogP contribution in [0.3, 0.4) is 0 Å². The number of benzene rings is 5. The Bertz CT molecular complexity index is 1520. The van der Waals surface area contributed by atoms with Gasteiger partial charge in [0.25, 0.3) is 0 Å². The van der Waals surface area contributed by atoms with Crippen molar-refractivity contribution in [3.05, 3.63) is 145 Å². The third-order valence-corrected chi connectivity index (χ3v) is 8.63. The van der Waals surface area contributed by atoms with E-state index in [1.165, 1.54) is 0 Å². The number of aromatic carboxylic acids is 1. The maximum atomic E-state index is 12.2. The van der Waals surface area contributed by atoms with Crippen LogP contribution in [0.25, 0.3) is 10.8 Å². The monoisotopic (exact) mass is 612 g/mol. The summed E-state index contributed by atoms with van der Waals surface area (Å²) in [6, 6.07) is 38.5. The van der Waals surface area contributed by atoms with Crippen molar-refractivity contribution >= 4 is 35.1 Å². The fourth-order valence-corrected chi connectivity index (χ4v) is 5.63. The molecule has 2 unspecified atom stereocenters. The zero-order chi connectivity index (χ0) is 31.5. The topological polar surface area (TPSA) is 118 Å². The van der Waals surface area contributed by atoms with Gasteiger partial charge in [-0.1, -0.05) is 54.6 Å². The molecule has 0 spiro atoms. The second kappa shape index (κ2) is 15.4. The number of carboxylic acid groups (broad SMARTS) is 1. The van der Waals surface area contributed by atoms with Crippen LogP contribution >= 0.6 is 7.72 Å². The van der Waals surface area contributed by atoms with Crippen LogP contribution in [-0.4, -0.2) is 43.4 Å². The average Bonchev–Trinajstić information content (AvgIpc) is 3.02. The van der Waals surface area contributed by atoms with Crippen LogP contribution in [0.5, 0.6) is 0 Å². The molecule has 5 N–H and O–H groups in total. The number of hydrogen-bond acceptors (Lipinski definition) is 5. The van der Waals surface area contributed by atoms with Crippen LogP contribution in [0.1, 0.15) is 28.4 Å². The van der Waals surface area contributed by atoms with Crippen molar-refractivity contribution in [2.24, 2.45) is 0 Å². The molecular formula is C33H32F3O6P. The molecule has 0 aliphatic heterocycles. The molecule has 0 fully saturated rings. The van der Waals surface area contributed by atoms with E-state index >= 15 is 0 Å². The second-order valence-corrected chi connectivity index (χ2v) is 12.0. The molecule has 2 atom stereocenters. The normalized spacial score (nSPS) is 13.0. The Balaban J connectivity index is 0.000000188. The number of alkyl halides is 3. The molecule has 5 aromatic rings. The number of carbonyl (C=O) groups is 1. The summed E-state index contributed by atoms with van der Waals surface area (Å²) in [7, 11) is -3.46. The molecule has 43 heavy (non-hydrogen) atoms. The number of hydrogen-bond donors (Lipinski definition) is 5. The van der Waals surface area contributed by atoms with E-state index in [9.17, 15) is 32.9 Å².